The molecule has 0 atom stereocenters. The van der Waals surface area contributed by atoms with Gasteiger partial charge in [-0.1, -0.05) is 15.9 Å². The van der Waals surface area contributed by atoms with Crippen molar-refractivity contribution in [3.8, 4) is 0 Å². The Kier molecular flexibility index (Phi) is 3.03. The fourth-order valence-corrected chi connectivity index (χ4v) is 1.52. The van der Waals surface area contributed by atoms with E-state index in [2.05, 4.69) is 15.9 Å². The first-order valence-electron chi connectivity index (χ1n) is 3.67. The first kappa shape index (κ1) is 10.2. The molecule has 0 saturated carbocycles. The van der Waals surface area contributed by atoms with Gasteiger partial charge in [-0.05, 0) is 30.2 Å². The van der Waals surface area contributed by atoms with Gasteiger partial charge in [-0.3, -0.25) is 4.79 Å². The van der Waals surface area contributed by atoms with Crippen LogP contribution in [0.15, 0.2) is 16.6 Å². The first-order chi connectivity index (χ1) is 6.00. The SMILES string of the molecule is Cc1c(Br)cc(F)cc1CC(=O)O. The van der Waals surface area contributed by atoms with Crippen LogP contribution in [0.5, 0.6) is 0 Å². The molecule has 0 fully saturated rings. The second-order valence-corrected chi connectivity index (χ2v) is 3.60. The Morgan fingerprint density at radius 2 is 2.23 bits per heavy atom. The zero-order chi connectivity index (χ0) is 10.0. The highest BCUT2D eigenvalue weighted by Crippen LogP contribution is 2.21. The molecule has 0 saturated heterocycles. The van der Waals surface area contributed by atoms with Crippen LogP contribution in [0.1, 0.15) is 11.1 Å². The van der Waals surface area contributed by atoms with Crippen molar-refractivity contribution >= 4 is 21.9 Å². The van der Waals surface area contributed by atoms with Crippen molar-refractivity contribution in [2.75, 3.05) is 0 Å². The lowest BCUT2D eigenvalue weighted by molar-refractivity contribution is -0.136. The minimum absolute atomic E-state index is 0.151. The van der Waals surface area contributed by atoms with E-state index in [-0.39, 0.29) is 6.42 Å². The number of aliphatic carboxylic acids is 1. The van der Waals surface area contributed by atoms with Gasteiger partial charge in [0.2, 0.25) is 0 Å². The smallest absolute Gasteiger partial charge is 0.307 e. The Hall–Kier alpha value is -0.900. The Labute approximate surface area is 83.5 Å². The lowest BCUT2D eigenvalue weighted by Gasteiger charge is -2.05. The van der Waals surface area contributed by atoms with E-state index in [0.29, 0.717) is 10.0 Å². The van der Waals surface area contributed by atoms with Gasteiger partial charge in [0.25, 0.3) is 0 Å². The first-order valence-corrected chi connectivity index (χ1v) is 4.46. The Morgan fingerprint density at radius 1 is 1.62 bits per heavy atom. The van der Waals surface area contributed by atoms with Crippen molar-refractivity contribution in [3.05, 3.63) is 33.5 Å². The largest absolute Gasteiger partial charge is 0.481 e. The maximum atomic E-state index is 12.8. The van der Waals surface area contributed by atoms with Crippen molar-refractivity contribution in [2.24, 2.45) is 0 Å². The van der Waals surface area contributed by atoms with Crippen LogP contribution in [0.4, 0.5) is 4.39 Å². The monoisotopic (exact) mass is 246 g/mol. The summed E-state index contributed by atoms with van der Waals surface area (Å²) < 4.78 is 13.4. The van der Waals surface area contributed by atoms with E-state index in [1.54, 1.807) is 6.92 Å². The van der Waals surface area contributed by atoms with E-state index in [9.17, 15) is 9.18 Å². The van der Waals surface area contributed by atoms with E-state index < -0.39 is 11.8 Å². The average Bonchev–Trinajstić information content (AvgIpc) is 1.98. The highest BCUT2D eigenvalue weighted by molar-refractivity contribution is 9.10. The number of carbonyl (C=O) groups is 1. The van der Waals surface area contributed by atoms with E-state index in [1.165, 1.54) is 12.1 Å². The summed E-state index contributed by atoms with van der Waals surface area (Å²) in [5.74, 6) is -1.38. The van der Waals surface area contributed by atoms with Gasteiger partial charge in [0.05, 0.1) is 6.42 Å². The molecule has 1 aromatic rings. The van der Waals surface area contributed by atoms with Gasteiger partial charge in [0.15, 0.2) is 0 Å². The third-order valence-corrected chi connectivity index (χ3v) is 2.58. The molecule has 1 N–H and O–H groups in total. The Balaban J connectivity index is 3.12. The molecule has 0 aliphatic rings. The number of carboxylic acid groups (broad SMARTS) is 1. The lowest BCUT2D eigenvalue weighted by atomic mass is 10.1. The zero-order valence-electron chi connectivity index (χ0n) is 6.97. The van der Waals surface area contributed by atoms with Crippen LogP contribution in [-0.2, 0) is 11.2 Å². The number of rotatable bonds is 2. The Morgan fingerprint density at radius 3 is 2.77 bits per heavy atom. The minimum Gasteiger partial charge on any atom is -0.481 e. The maximum Gasteiger partial charge on any atom is 0.307 e. The van der Waals surface area contributed by atoms with E-state index in [0.717, 1.165) is 5.56 Å². The van der Waals surface area contributed by atoms with E-state index in [4.69, 9.17) is 5.11 Å². The molecular weight excluding hydrogens is 239 g/mol. The van der Waals surface area contributed by atoms with Crippen molar-refractivity contribution < 1.29 is 14.3 Å². The summed E-state index contributed by atoms with van der Waals surface area (Å²) in [5, 5.41) is 8.54. The van der Waals surface area contributed by atoms with Crippen molar-refractivity contribution in [3.63, 3.8) is 0 Å². The van der Waals surface area contributed by atoms with Crippen molar-refractivity contribution in [2.45, 2.75) is 13.3 Å². The van der Waals surface area contributed by atoms with Gasteiger partial charge in [0.1, 0.15) is 5.82 Å². The van der Waals surface area contributed by atoms with E-state index >= 15 is 0 Å². The minimum atomic E-state index is -0.958. The molecule has 0 spiro atoms. The molecule has 0 radical (unpaired) electrons. The van der Waals surface area contributed by atoms with Crippen LogP contribution >= 0.6 is 15.9 Å². The average molecular weight is 247 g/mol. The Bertz CT molecular complexity index is 350. The van der Waals surface area contributed by atoms with Crippen LogP contribution in [0.2, 0.25) is 0 Å². The molecule has 0 amide bonds. The molecule has 0 unspecified atom stereocenters. The second-order valence-electron chi connectivity index (χ2n) is 2.74. The molecule has 2 nitrogen and oxygen atoms in total. The number of hydrogen-bond acceptors (Lipinski definition) is 1. The van der Waals surface area contributed by atoms with Crippen LogP contribution in [0.25, 0.3) is 0 Å². The topological polar surface area (TPSA) is 37.3 Å². The molecule has 0 bridgehead atoms. The van der Waals surface area contributed by atoms with Gasteiger partial charge < -0.3 is 5.11 Å². The third-order valence-electron chi connectivity index (χ3n) is 1.76. The summed E-state index contributed by atoms with van der Waals surface area (Å²) in [6, 6.07) is 2.56. The van der Waals surface area contributed by atoms with Gasteiger partial charge in [-0.25, -0.2) is 4.39 Å². The van der Waals surface area contributed by atoms with Gasteiger partial charge >= 0.3 is 5.97 Å². The molecule has 0 aliphatic heterocycles. The highest BCUT2D eigenvalue weighted by atomic mass is 79.9. The summed E-state index contributed by atoms with van der Waals surface area (Å²) in [5.41, 5.74) is 1.27. The summed E-state index contributed by atoms with van der Waals surface area (Å²) >= 11 is 3.15. The summed E-state index contributed by atoms with van der Waals surface area (Å²) in [6.45, 7) is 1.75. The lowest BCUT2D eigenvalue weighted by Crippen LogP contribution is -2.02. The summed E-state index contributed by atoms with van der Waals surface area (Å²) in [6.07, 6.45) is -0.151. The van der Waals surface area contributed by atoms with Gasteiger partial charge in [-0.2, -0.15) is 0 Å². The van der Waals surface area contributed by atoms with Crippen LogP contribution < -0.4 is 0 Å². The molecule has 13 heavy (non-hydrogen) atoms. The van der Waals surface area contributed by atoms with Gasteiger partial charge in [-0.15, -0.1) is 0 Å². The summed E-state index contributed by atoms with van der Waals surface area (Å²) in [4.78, 5) is 10.4. The molecular formula is C9H8BrFO2. The highest BCUT2D eigenvalue weighted by Gasteiger charge is 2.08. The predicted molar refractivity (Wildman–Crippen MR) is 50.2 cm³/mol. The maximum absolute atomic E-state index is 12.8. The van der Waals surface area contributed by atoms with Crippen molar-refractivity contribution in [1.82, 2.24) is 0 Å². The molecule has 70 valence electrons. The fraction of sp³-hybridized carbons (Fsp3) is 0.222. The normalized spacial score (nSPS) is 10.1. The van der Waals surface area contributed by atoms with Crippen molar-refractivity contribution in [1.29, 1.82) is 0 Å². The predicted octanol–water partition coefficient (Wildman–Crippen LogP) is 2.52. The molecule has 4 heteroatoms. The van der Waals surface area contributed by atoms with Gasteiger partial charge in [0, 0.05) is 4.47 Å². The third kappa shape index (κ3) is 2.52. The fourth-order valence-electron chi connectivity index (χ4n) is 1.05. The molecule has 0 heterocycles. The molecule has 0 aromatic heterocycles. The molecule has 0 aliphatic carbocycles. The second kappa shape index (κ2) is 3.87. The van der Waals surface area contributed by atoms with E-state index in [1.807, 2.05) is 0 Å². The number of benzene rings is 1. The molecule has 1 rings (SSSR count). The number of hydrogen-bond donors (Lipinski definition) is 1. The quantitative estimate of drug-likeness (QED) is 0.871. The standard InChI is InChI=1S/C9H8BrFO2/c1-5-6(3-9(12)13)2-7(11)4-8(5)10/h2,4H,3H2,1H3,(H,12,13). The molecule has 1 aromatic carbocycles. The number of halogens is 2. The van der Waals surface area contributed by atoms with Crippen LogP contribution in [0.3, 0.4) is 0 Å². The number of carboxylic acids is 1. The van der Waals surface area contributed by atoms with Crippen LogP contribution in [-0.4, -0.2) is 11.1 Å². The summed E-state index contributed by atoms with van der Waals surface area (Å²) in [7, 11) is 0. The zero-order valence-corrected chi connectivity index (χ0v) is 8.56. The van der Waals surface area contributed by atoms with Crippen LogP contribution in [0, 0.1) is 12.7 Å².